The average Bonchev–Trinajstić information content (AvgIpc) is 2.60. The number of rotatable bonds is 7. The third-order valence-electron chi connectivity index (χ3n) is 3.96. The number of allylic oxidation sites excluding steroid dienone is 2. The first-order valence-electron chi connectivity index (χ1n) is 8.55. The summed E-state index contributed by atoms with van der Waals surface area (Å²) in [4.78, 5) is 12.3. The summed E-state index contributed by atoms with van der Waals surface area (Å²) >= 11 is 0. The molecular weight excluding hydrogens is 312 g/mol. The fraction of sp³-hybridized carbons (Fsp3) is 0.318. The molecule has 0 radical (unpaired) electrons. The van der Waals surface area contributed by atoms with Gasteiger partial charge >= 0.3 is 5.97 Å². The molecule has 0 aliphatic rings. The van der Waals surface area contributed by atoms with Crippen LogP contribution >= 0.6 is 0 Å². The van der Waals surface area contributed by atoms with E-state index in [1.165, 1.54) is 5.57 Å². The van der Waals surface area contributed by atoms with Crippen LogP contribution in [0.1, 0.15) is 37.0 Å². The van der Waals surface area contributed by atoms with Gasteiger partial charge in [0.25, 0.3) is 0 Å². The highest BCUT2D eigenvalue weighted by atomic mass is 16.5. The van der Waals surface area contributed by atoms with E-state index in [-0.39, 0.29) is 5.97 Å². The number of methoxy groups -OCH3 is 1. The Morgan fingerprint density at radius 2 is 1.80 bits per heavy atom. The Bertz CT molecular complexity index is 756. The monoisotopic (exact) mass is 338 g/mol. The highest BCUT2D eigenvalue weighted by molar-refractivity contribution is 5.73. The summed E-state index contributed by atoms with van der Waals surface area (Å²) in [6.07, 6.45) is 3.81. The number of carbonyl (C=O) groups excluding carboxylic acids is 1. The molecule has 0 spiro atoms. The van der Waals surface area contributed by atoms with Crippen LogP contribution in [0, 0.1) is 6.92 Å². The second kappa shape index (κ2) is 9.07. The van der Waals surface area contributed by atoms with Crippen molar-refractivity contribution >= 4 is 5.97 Å². The van der Waals surface area contributed by atoms with Crippen molar-refractivity contribution in [2.45, 2.75) is 40.0 Å². The van der Waals surface area contributed by atoms with Crippen molar-refractivity contribution in [1.82, 2.24) is 0 Å². The van der Waals surface area contributed by atoms with Gasteiger partial charge in [0.1, 0.15) is 11.5 Å². The van der Waals surface area contributed by atoms with Crippen LogP contribution < -0.4 is 9.47 Å². The van der Waals surface area contributed by atoms with Crippen LogP contribution in [-0.2, 0) is 17.6 Å². The van der Waals surface area contributed by atoms with Crippen molar-refractivity contribution in [2.75, 3.05) is 7.11 Å². The van der Waals surface area contributed by atoms with Crippen LogP contribution in [0.5, 0.6) is 11.5 Å². The second-order valence-electron chi connectivity index (χ2n) is 6.38. The van der Waals surface area contributed by atoms with E-state index in [2.05, 4.69) is 26.0 Å². The Morgan fingerprint density at radius 1 is 1.04 bits per heavy atom. The van der Waals surface area contributed by atoms with Gasteiger partial charge in [0.2, 0.25) is 0 Å². The number of carbonyl (C=O) groups is 1. The molecule has 0 amide bonds. The molecule has 132 valence electrons. The van der Waals surface area contributed by atoms with Crippen LogP contribution in [0.25, 0.3) is 0 Å². The van der Waals surface area contributed by atoms with Crippen molar-refractivity contribution in [3.8, 4) is 11.5 Å². The molecule has 3 nitrogen and oxygen atoms in total. The van der Waals surface area contributed by atoms with Gasteiger partial charge in [-0.1, -0.05) is 47.5 Å². The minimum absolute atomic E-state index is 0.229. The molecule has 0 aliphatic heterocycles. The minimum Gasteiger partial charge on any atom is -0.496 e. The molecule has 25 heavy (non-hydrogen) atoms. The van der Waals surface area contributed by atoms with Gasteiger partial charge in [-0.05, 0) is 56.9 Å². The van der Waals surface area contributed by atoms with Crippen LogP contribution in [0.4, 0.5) is 0 Å². The molecule has 0 fully saturated rings. The van der Waals surface area contributed by atoms with Gasteiger partial charge < -0.3 is 9.47 Å². The normalized spacial score (nSPS) is 10.2. The Morgan fingerprint density at radius 3 is 2.52 bits per heavy atom. The van der Waals surface area contributed by atoms with E-state index in [0.717, 1.165) is 28.9 Å². The maximum Gasteiger partial charge on any atom is 0.311 e. The molecular formula is C22H26O3. The zero-order valence-corrected chi connectivity index (χ0v) is 15.5. The first-order chi connectivity index (χ1) is 12.0. The van der Waals surface area contributed by atoms with Gasteiger partial charge in [-0.3, -0.25) is 4.79 Å². The Hall–Kier alpha value is -2.55. The van der Waals surface area contributed by atoms with Crippen molar-refractivity contribution in [2.24, 2.45) is 0 Å². The molecule has 0 atom stereocenters. The van der Waals surface area contributed by atoms with E-state index in [9.17, 15) is 4.79 Å². The minimum atomic E-state index is -0.229. The van der Waals surface area contributed by atoms with E-state index in [0.29, 0.717) is 18.6 Å². The van der Waals surface area contributed by atoms with Crippen LogP contribution in [0.15, 0.2) is 54.1 Å². The zero-order valence-electron chi connectivity index (χ0n) is 15.5. The van der Waals surface area contributed by atoms with Gasteiger partial charge in [-0.15, -0.1) is 0 Å². The third kappa shape index (κ3) is 5.79. The molecule has 2 rings (SSSR count). The molecule has 0 unspecified atom stereocenters. The van der Waals surface area contributed by atoms with Crippen LogP contribution in [-0.4, -0.2) is 13.1 Å². The SMILES string of the molecule is COc1ccccc1CCC(=O)Oc1ccc(C)cc1CC=C(C)C. The molecule has 3 heteroatoms. The van der Waals surface area contributed by atoms with Crippen molar-refractivity contribution in [3.05, 3.63) is 70.8 Å². The van der Waals surface area contributed by atoms with E-state index < -0.39 is 0 Å². The van der Waals surface area contributed by atoms with E-state index in [1.807, 2.05) is 43.3 Å². The van der Waals surface area contributed by atoms with Gasteiger partial charge in [0, 0.05) is 0 Å². The largest absolute Gasteiger partial charge is 0.496 e. The average molecular weight is 338 g/mol. The number of hydrogen-bond acceptors (Lipinski definition) is 3. The molecule has 2 aromatic rings. The van der Waals surface area contributed by atoms with Gasteiger partial charge in [0.15, 0.2) is 0 Å². The number of aryl methyl sites for hydroxylation is 2. The van der Waals surface area contributed by atoms with Crippen molar-refractivity contribution < 1.29 is 14.3 Å². The lowest BCUT2D eigenvalue weighted by molar-refractivity contribution is -0.134. The van der Waals surface area contributed by atoms with Gasteiger partial charge in [-0.25, -0.2) is 0 Å². The zero-order chi connectivity index (χ0) is 18.2. The highest BCUT2D eigenvalue weighted by Gasteiger charge is 2.11. The Kier molecular flexibility index (Phi) is 6.81. The maximum atomic E-state index is 12.3. The number of para-hydroxylation sites is 1. The summed E-state index contributed by atoms with van der Waals surface area (Å²) in [5, 5.41) is 0. The van der Waals surface area contributed by atoms with Crippen molar-refractivity contribution in [3.63, 3.8) is 0 Å². The van der Waals surface area contributed by atoms with Crippen LogP contribution in [0.3, 0.4) is 0 Å². The number of ether oxygens (including phenoxy) is 2. The first kappa shape index (κ1) is 18.8. The van der Waals surface area contributed by atoms with Crippen LogP contribution in [0.2, 0.25) is 0 Å². The first-order valence-corrected chi connectivity index (χ1v) is 8.55. The third-order valence-corrected chi connectivity index (χ3v) is 3.96. The van der Waals surface area contributed by atoms with Gasteiger partial charge in [0.05, 0.1) is 13.5 Å². The predicted molar refractivity (Wildman–Crippen MR) is 101 cm³/mol. The number of esters is 1. The second-order valence-corrected chi connectivity index (χ2v) is 6.38. The fourth-order valence-electron chi connectivity index (χ4n) is 2.60. The van der Waals surface area contributed by atoms with E-state index in [4.69, 9.17) is 9.47 Å². The molecule has 0 saturated heterocycles. The topological polar surface area (TPSA) is 35.5 Å². The number of hydrogen-bond donors (Lipinski definition) is 0. The quantitative estimate of drug-likeness (QED) is 0.402. The Balaban J connectivity index is 2.04. The van der Waals surface area contributed by atoms with Crippen molar-refractivity contribution in [1.29, 1.82) is 0 Å². The molecule has 0 N–H and O–H groups in total. The molecule has 0 saturated carbocycles. The lowest BCUT2D eigenvalue weighted by atomic mass is 10.1. The molecule has 0 heterocycles. The van der Waals surface area contributed by atoms with E-state index >= 15 is 0 Å². The van der Waals surface area contributed by atoms with E-state index in [1.54, 1.807) is 7.11 Å². The standard InChI is InChI=1S/C22H26O3/c1-16(2)9-11-19-15-17(3)10-13-21(19)25-22(23)14-12-18-7-5-6-8-20(18)24-4/h5-10,13,15H,11-12,14H2,1-4H3. The molecule has 0 aliphatic carbocycles. The number of benzene rings is 2. The summed E-state index contributed by atoms with van der Waals surface area (Å²) in [6, 6.07) is 13.7. The summed E-state index contributed by atoms with van der Waals surface area (Å²) in [7, 11) is 1.64. The summed E-state index contributed by atoms with van der Waals surface area (Å²) in [5.41, 5.74) is 4.45. The predicted octanol–water partition coefficient (Wildman–Crippen LogP) is 5.05. The summed E-state index contributed by atoms with van der Waals surface area (Å²) < 4.78 is 10.9. The lowest BCUT2D eigenvalue weighted by Gasteiger charge is -2.11. The summed E-state index contributed by atoms with van der Waals surface area (Å²) in [5.74, 6) is 1.22. The molecule has 2 aromatic carbocycles. The fourth-order valence-corrected chi connectivity index (χ4v) is 2.60. The smallest absolute Gasteiger partial charge is 0.311 e. The molecule has 0 bridgehead atoms. The Labute approximate surface area is 150 Å². The lowest BCUT2D eigenvalue weighted by Crippen LogP contribution is -2.11. The molecule has 0 aromatic heterocycles. The summed E-state index contributed by atoms with van der Waals surface area (Å²) in [6.45, 7) is 6.17. The highest BCUT2D eigenvalue weighted by Crippen LogP contribution is 2.23. The van der Waals surface area contributed by atoms with Gasteiger partial charge in [-0.2, -0.15) is 0 Å². The maximum absolute atomic E-state index is 12.3.